The molecule has 0 saturated carbocycles. The zero-order valence-corrected chi connectivity index (χ0v) is 13.6. The number of aromatic hydroxyl groups is 1. The summed E-state index contributed by atoms with van der Waals surface area (Å²) in [6.45, 7) is 2.62. The van der Waals surface area contributed by atoms with Crippen LogP contribution >= 0.6 is 0 Å². The summed E-state index contributed by atoms with van der Waals surface area (Å²) in [7, 11) is 0. The Balaban J connectivity index is 2.19. The minimum absolute atomic E-state index is 0.132. The van der Waals surface area contributed by atoms with Crippen molar-refractivity contribution in [3.8, 4) is 5.75 Å². The smallest absolute Gasteiger partial charge is 0.343 e. The summed E-state index contributed by atoms with van der Waals surface area (Å²) < 4.78 is 7.22. The van der Waals surface area contributed by atoms with Crippen molar-refractivity contribution in [1.29, 1.82) is 0 Å². The van der Waals surface area contributed by atoms with E-state index in [2.05, 4.69) is 0 Å². The first-order valence-electron chi connectivity index (χ1n) is 8.46. The number of rotatable bonds is 3. The molecule has 3 heterocycles. The average molecular weight is 325 g/mol. The van der Waals surface area contributed by atoms with E-state index in [1.54, 1.807) is 4.57 Å². The van der Waals surface area contributed by atoms with Crippen LogP contribution in [0.5, 0.6) is 5.75 Å². The van der Waals surface area contributed by atoms with Gasteiger partial charge in [-0.15, -0.1) is 0 Å². The summed E-state index contributed by atoms with van der Waals surface area (Å²) in [6, 6.07) is 5.74. The van der Waals surface area contributed by atoms with Crippen molar-refractivity contribution in [2.45, 2.75) is 45.6 Å². The quantitative estimate of drug-likeness (QED) is 0.751. The van der Waals surface area contributed by atoms with Gasteiger partial charge in [-0.2, -0.15) is 0 Å². The molecule has 2 aromatic heterocycles. The van der Waals surface area contributed by atoms with Crippen LogP contribution in [-0.2, 0) is 19.4 Å². The van der Waals surface area contributed by atoms with Gasteiger partial charge in [-0.05, 0) is 37.3 Å². The topological polar surface area (TPSA) is 72.4 Å². The second kappa shape index (κ2) is 5.51. The molecule has 0 spiro atoms. The normalized spacial score (nSPS) is 13.7. The zero-order chi connectivity index (χ0) is 16.8. The summed E-state index contributed by atoms with van der Waals surface area (Å²) in [5.74, 6) is -0.207. The van der Waals surface area contributed by atoms with Crippen molar-refractivity contribution in [3.05, 3.63) is 50.1 Å². The first kappa shape index (κ1) is 15.0. The van der Waals surface area contributed by atoms with Crippen LogP contribution in [0.4, 0.5) is 0 Å². The Morgan fingerprint density at radius 2 is 2.12 bits per heavy atom. The SMILES string of the molecule is CCCCc1c(O)c2c(=O)n3c4c(cccc4c2oc1=O)CCC3. The second-order valence-corrected chi connectivity index (χ2v) is 6.40. The van der Waals surface area contributed by atoms with Crippen LogP contribution in [-0.4, -0.2) is 9.67 Å². The molecule has 0 amide bonds. The number of hydrogen-bond donors (Lipinski definition) is 1. The van der Waals surface area contributed by atoms with Crippen molar-refractivity contribution in [2.24, 2.45) is 0 Å². The molecule has 1 aliphatic heterocycles. The summed E-state index contributed by atoms with van der Waals surface area (Å²) in [6.07, 6.45) is 3.85. The molecule has 0 aliphatic carbocycles. The van der Waals surface area contributed by atoms with Crippen molar-refractivity contribution >= 4 is 21.9 Å². The number of pyridine rings is 1. The van der Waals surface area contributed by atoms with E-state index in [1.807, 2.05) is 25.1 Å². The Hall–Kier alpha value is -2.56. The minimum atomic E-state index is -0.547. The maximum atomic E-state index is 13.0. The predicted octanol–water partition coefficient (Wildman–Crippen LogP) is 3.10. The molecule has 0 radical (unpaired) electrons. The number of hydrogen-bond acceptors (Lipinski definition) is 4. The summed E-state index contributed by atoms with van der Waals surface area (Å²) in [5.41, 5.74) is 1.50. The highest BCUT2D eigenvalue weighted by atomic mass is 16.4. The zero-order valence-electron chi connectivity index (χ0n) is 13.6. The van der Waals surface area contributed by atoms with Gasteiger partial charge in [0.05, 0.1) is 11.1 Å². The molecule has 124 valence electrons. The molecule has 5 heteroatoms. The number of benzene rings is 1. The van der Waals surface area contributed by atoms with Gasteiger partial charge in [0.25, 0.3) is 5.56 Å². The third kappa shape index (κ3) is 2.00. The largest absolute Gasteiger partial charge is 0.506 e. The highest BCUT2D eigenvalue weighted by molar-refractivity contribution is 6.05. The van der Waals surface area contributed by atoms with E-state index in [1.165, 1.54) is 0 Å². The molecule has 0 bridgehead atoms. The van der Waals surface area contributed by atoms with Gasteiger partial charge >= 0.3 is 5.63 Å². The third-order valence-electron chi connectivity index (χ3n) is 4.89. The summed E-state index contributed by atoms with van der Waals surface area (Å²) >= 11 is 0. The predicted molar refractivity (Wildman–Crippen MR) is 92.8 cm³/mol. The van der Waals surface area contributed by atoms with E-state index in [0.29, 0.717) is 13.0 Å². The molecule has 24 heavy (non-hydrogen) atoms. The molecule has 3 aromatic rings. The van der Waals surface area contributed by atoms with Crippen molar-refractivity contribution in [1.82, 2.24) is 4.57 Å². The van der Waals surface area contributed by atoms with E-state index in [4.69, 9.17) is 4.42 Å². The maximum absolute atomic E-state index is 13.0. The van der Waals surface area contributed by atoms with Gasteiger partial charge in [0.1, 0.15) is 11.1 Å². The van der Waals surface area contributed by atoms with Gasteiger partial charge < -0.3 is 14.1 Å². The van der Waals surface area contributed by atoms with E-state index in [9.17, 15) is 14.7 Å². The number of unbranched alkanes of at least 4 members (excludes halogenated alkanes) is 1. The van der Waals surface area contributed by atoms with Crippen LogP contribution in [0.2, 0.25) is 0 Å². The lowest BCUT2D eigenvalue weighted by Gasteiger charge is -2.20. The molecule has 0 atom stereocenters. The van der Waals surface area contributed by atoms with E-state index < -0.39 is 5.63 Å². The van der Waals surface area contributed by atoms with Crippen LogP contribution in [0.25, 0.3) is 21.9 Å². The fourth-order valence-electron chi connectivity index (χ4n) is 3.70. The van der Waals surface area contributed by atoms with Crippen LogP contribution in [0.1, 0.15) is 37.3 Å². The molecule has 0 saturated heterocycles. The van der Waals surface area contributed by atoms with Gasteiger partial charge in [0, 0.05) is 11.9 Å². The third-order valence-corrected chi connectivity index (χ3v) is 4.89. The minimum Gasteiger partial charge on any atom is -0.506 e. The molecule has 4 rings (SSSR count). The molecule has 1 N–H and O–H groups in total. The van der Waals surface area contributed by atoms with Gasteiger partial charge in [-0.1, -0.05) is 25.5 Å². The number of aromatic nitrogens is 1. The van der Waals surface area contributed by atoms with E-state index in [-0.39, 0.29) is 27.8 Å². The Kier molecular flexibility index (Phi) is 3.44. The Labute approximate surface area is 138 Å². The Morgan fingerprint density at radius 3 is 2.92 bits per heavy atom. The number of nitrogens with zero attached hydrogens (tertiary/aromatic N) is 1. The van der Waals surface area contributed by atoms with Crippen molar-refractivity contribution in [2.75, 3.05) is 0 Å². The molecule has 1 aliphatic rings. The number of aryl methyl sites for hydroxylation is 2. The highest BCUT2D eigenvalue weighted by Crippen LogP contribution is 2.33. The maximum Gasteiger partial charge on any atom is 0.343 e. The second-order valence-electron chi connectivity index (χ2n) is 6.40. The van der Waals surface area contributed by atoms with Gasteiger partial charge in [-0.25, -0.2) is 4.79 Å². The summed E-state index contributed by atoms with van der Waals surface area (Å²) in [5, 5.41) is 11.5. The molecule has 1 aromatic carbocycles. The van der Waals surface area contributed by atoms with Crippen LogP contribution in [0.15, 0.2) is 32.2 Å². The lowest BCUT2D eigenvalue weighted by Crippen LogP contribution is -2.26. The Morgan fingerprint density at radius 1 is 1.29 bits per heavy atom. The molecular weight excluding hydrogens is 306 g/mol. The van der Waals surface area contributed by atoms with Crippen molar-refractivity contribution < 1.29 is 9.52 Å². The average Bonchev–Trinajstić information content (AvgIpc) is 2.59. The fraction of sp³-hybridized carbons (Fsp3) is 0.368. The molecular formula is C19H19NO4. The lowest BCUT2D eigenvalue weighted by molar-refractivity contribution is 0.453. The first-order valence-corrected chi connectivity index (χ1v) is 8.46. The number of para-hydroxylation sites is 1. The van der Waals surface area contributed by atoms with Crippen LogP contribution in [0, 0.1) is 0 Å². The van der Waals surface area contributed by atoms with Gasteiger partial charge in [0.2, 0.25) is 0 Å². The monoisotopic (exact) mass is 325 g/mol. The van der Waals surface area contributed by atoms with Gasteiger partial charge in [0.15, 0.2) is 5.58 Å². The Bertz CT molecular complexity index is 1070. The van der Waals surface area contributed by atoms with Crippen LogP contribution in [0.3, 0.4) is 0 Å². The standard InChI is InChI=1S/C19H19NO4/c1-2-3-8-13-16(21)14-17(24-19(13)23)12-9-4-6-11-7-5-10-20(15(11)12)18(14)22/h4,6,9,21H,2-3,5,7-8,10H2,1H3. The summed E-state index contributed by atoms with van der Waals surface area (Å²) in [4.78, 5) is 25.3. The highest BCUT2D eigenvalue weighted by Gasteiger charge is 2.23. The van der Waals surface area contributed by atoms with E-state index >= 15 is 0 Å². The molecule has 5 nitrogen and oxygen atoms in total. The number of fused-ring (bicyclic) bond motifs is 2. The molecule has 0 unspecified atom stereocenters. The fourth-order valence-corrected chi connectivity index (χ4v) is 3.70. The molecule has 0 fully saturated rings. The van der Waals surface area contributed by atoms with Crippen molar-refractivity contribution in [3.63, 3.8) is 0 Å². The first-order chi connectivity index (χ1) is 11.6. The van der Waals surface area contributed by atoms with E-state index in [0.717, 1.165) is 42.1 Å². The van der Waals surface area contributed by atoms with Gasteiger partial charge in [-0.3, -0.25) is 4.79 Å². The van der Waals surface area contributed by atoms with Crippen LogP contribution < -0.4 is 11.2 Å². The lowest BCUT2D eigenvalue weighted by atomic mass is 9.99.